The van der Waals surface area contributed by atoms with Crippen LogP contribution in [0.15, 0.2) is 76.5 Å². The van der Waals surface area contributed by atoms with E-state index in [9.17, 15) is 13.2 Å². The third kappa shape index (κ3) is 4.24. The van der Waals surface area contributed by atoms with Gasteiger partial charge in [0.05, 0.1) is 16.5 Å². The van der Waals surface area contributed by atoms with Crippen molar-refractivity contribution in [2.75, 3.05) is 24.7 Å². The van der Waals surface area contributed by atoms with Gasteiger partial charge in [0, 0.05) is 18.0 Å². The Balaban J connectivity index is 1.53. The molecule has 1 aliphatic rings. The minimum atomic E-state index is -3.66. The number of amides is 1. The molecular formula is C23H24N2O3S2. The van der Waals surface area contributed by atoms with Crippen LogP contribution >= 0.6 is 11.8 Å². The molecule has 0 aromatic heterocycles. The topological polar surface area (TPSA) is 66.5 Å². The number of nitrogens with zero attached hydrogens (tertiary/aromatic N) is 1. The lowest BCUT2D eigenvalue weighted by Crippen LogP contribution is -2.43. The molecule has 0 saturated carbocycles. The number of anilines is 1. The average molecular weight is 441 g/mol. The summed E-state index contributed by atoms with van der Waals surface area (Å²) >= 11 is 1.57. The molecule has 7 heteroatoms. The van der Waals surface area contributed by atoms with E-state index in [1.54, 1.807) is 23.9 Å². The van der Waals surface area contributed by atoms with Gasteiger partial charge in [-0.15, -0.1) is 11.8 Å². The van der Waals surface area contributed by atoms with Crippen molar-refractivity contribution < 1.29 is 13.2 Å². The number of hydrogen-bond donors (Lipinski definition) is 1. The molecule has 1 saturated heterocycles. The molecule has 1 amide bonds. The molecule has 1 heterocycles. The normalized spacial score (nSPS) is 17.7. The Kier molecular flexibility index (Phi) is 6.13. The first-order chi connectivity index (χ1) is 14.5. The van der Waals surface area contributed by atoms with Crippen molar-refractivity contribution in [3.8, 4) is 0 Å². The summed E-state index contributed by atoms with van der Waals surface area (Å²) in [4.78, 5) is 14.1. The summed E-state index contributed by atoms with van der Waals surface area (Å²) in [7, 11) is -3.66. The van der Waals surface area contributed by atoms with Crippen LogP contribution in [0.3, 0.4) is 0 Å². The first-order valence-electron chi connectivity index (χ1n) is 9.92. The molecule has 4 rings (SSSR count). The summed E-state index contributed by atoms with van der Waals surface area (Å²) in [6.45, 7) is 0.628. The van der Waals surface area contributed by atoms with Crippen molar-refractivity contribution >= 4 is 44.2 Å². The van der Waals surface area contributed by atoms with Crippen molar-refractivity contribution in [2.24, 2.45) is 5.92 Å². The lowest BCUT2D eigenvalue weighted by atomic mass is 9.99. The van der Waals surface area contributed by atoms with Crippen LogP contribution in [-0.2, 0) is 14.8 Å². The second-order valence-electron chi connectivity index (χ2n) is 7.40. The molecule has 1 atom stereocenters. The fourth-order valence-electron chi connectivity index (χ4n) is 3.83. The second kappa shape index (κ2) is 8.79. The van der Waals surface area contributed by atoms with Gasteiger partial charge in [-0.1, -0.05) is 42.5 Å². The maximum absolute atomic E-state index is 13.2. The summed E-state index contributed by atoms with van der Waals surface area (Å²) in [5, 5.41) is 4.87. The standard InChI is InChI=1S/C23H24N2O3S2/c1-29-22-11-5-4-10-21(22)24-23(26)19-9-6-14-25(16-19)30(27,28)20-13-12-17-7-2-3-8-18(17)15-20/h2-5,7-8,10-13,15,19H,6,9,14,16H2,1H3,(H,24,26)/t19-/m1/s1. The maximum Gasteiger partial charge on any atom is 0.243 e. The van der Waals surface area contributed by atoms with Gasteiger partial charge in [-0.3, -0.25) is 4.79 Å². The Hall–Kier alpha value is -2.35. The van der Waals surface area contributed by atoms with Gasteiger partial charge in [0.25, 0.3) is 0 Å². The first kappa shape index (κ1) is 20.9. The molecule has 156 valence electrons. The minimum absolute atomic E-state index is 0.130. The van der Waals surface area contributed by atoms with Crippen LogP contribution in [0.1, 0.15) is 12.8 Å². The Morgan fingerprint density at radius 3 is 2.57 bits per heavy atom. The van der Waals surface area contributed by atoms with E-state index < -0.39 is 10.0 Å². The van der Waals surface area contributed by atoms with Crippen molar-refractivity contribution in [1.29, 1.82) is 0 Å². The van der Waals surface area contributed by atoms with Gasteiger partial charge in [0.1, 0.15) is 0 Å². The number of carbonyl (C=O) groups is 1. The summed E-state index contributed by atoms with van der Waals surface area (Å²) in [6, 6.07) is 20.5. The maximum atomic E-state index is 13.2. The molecule has 3 aromatic rings. The monoisotopic (exact) mass is 440 g/mol. The number of piperidine rings is 1. The van der Waals surface area contributed by atoms with Crippen LogP contribution in [-0.4, -0.2) is 38.0 Å². The average Bonchev–Trinajstić information content (AvgIpc) is 2.79. The van der Waals surface area contributed by atoms with Crippen LogP contribution in [0, 0.1) is 5.92 Å². The first-order valence-corrected chi connectivity index (χ1v) is 12.6. The van der Waals surface area contributed by atoms with Crippen LogP contribution in [0.2, 0.25) is 0 Å². The van der Waals surface area contributed by atoms with Gasteiger partial charge in [-0.05, 0) is 54.1 Å². The Labute approximate surface area is 181 Å². The van der Waals surface area contributed by atoms with Crippen molar-refractivity contribution in [3.63, 3.8) is 0 Å². The SMILES string of the molecule is CSc1ccccc1NC(=O)[C@@H]1CCCN(S(=O)(=O)c2ccc3ccccc3c2)C1. The highest BCUT2D eigenvalue weighted by Crippen LogP contribution is 2.29. The molecule has 0 unspecified atom stereocenters. The van der Waals surface area contributed by atoms with Crippen LogP contribution in [0.5, 0.6) is 0 Å². The number of rotatable bonds is 5. The van der Waals surface area contributed by atoms with E-state index in [-0.39, 0.29) is 23.3 Å². The highest BCUT2D eigenvalue weighted by Gasteiger charge is 2.33. The molecule has 5 nitrogen and oxygen atoms in total. The van der Waals surface area contributed by atoms with Crippen molar-refractivity contribution in [3.05, 3.63) is 66.7 Å². The van der Waals surface area contributed by atoms with Crippen LogP contribution in [0.4, 0.5) is 5.69 Å². The molecule has 3 aromatic carbocycles. The number of fused-ring (bicyclic) bond motifs is 1. The molecular weight excluding hydrogens is 416 g/mol. The highest BCUT2D eigenvalue weighted by atomic mass is 32.2. The quantitative estimate of drug-likeness (QED) is 0.589. The zero-order chi connectivity index (χ0) is 21.1. The molecule has 0 aliphatic carbocycles. The number of benzene rings is 3. The van der Waals surface area contributed by atoms with E-state index >= 15 is 0 Å². The largest absolute Gasteiger partial charge is 0.325 e. The minimum Gasteiger partial charge on any atom is -0.325 e. The number of sulfonamides is 1. The molecule has 1 N–H and O–H groups in total. The van der Waals surface area contributed by atoms with E-state index in [2.05, 4.69) is 5.32 Å². The van der Waals surface area contributed by atoms with Crippen molar-refractivity contribution in [2.45, 2.75) is 22.6 Å². The number of hydrogen-bond acceptors (Lipinski definition) is 4. The van der Waals surface area contributed by atoms with E-state index in [0.29, 0.717) is 19.4 Å². The van der Waals surface area contributed by atoms with Gasteiger partial charge in [0.2, 0.25) is 15.9 Å². The molecule has 1 aliphatic heterocycles. The zero-order valence-corrected chi connectivity index (χ0v) is 18.4. The van der Waals surface area contributed by atoms with Gasteiger partial charge in [-0.2, -0.15) is 4.31 Å². The number of nitrogens with one attached hydrogen (secondary N) is 1. The third-order valence-electron chi connectivity index (χ3n) is 5.48. The Bertz CT molecular complexity index is 1180. The summed E-state index contributed by atoms with van der Waals surface area (Å²) in [6.07, 6.45) is 3.30. The third-order valence-corrected chi connectivity index (χ3v) is 8.14. The van der Waals surface area contributed by atoms with E-state index in [1.165, 1.54) is 4.31 Å². The van der Waals surface area contributed by atoms with Gasteiger partial charge >= 0.3 is 0 Å². The Morgan fingerprint density at radius 1 is 1.03 bits per heavy atom. The van der Waals surface area contributed by atoms with Gasteiger partial charge in [-0.25, -0.2) is 8.42 Å². The van der Waals surface area contributed by atoms with E-state index in [0.717, 1.165) is 21.4 Å². The zero-order valence-electron chi connectivity index (χ0n) is 16.7. The second-order valence-corrected chi connectivity index (χ2v) is 10.2. The van der Waals surface area contributed by atoms with E-state index in [4.69, 9.17) is 0 Å². The fourth-order valence-corrected chi connectivity index (χ4v) is 5.95. The lowest BCUT2D eigenvalue weighted by Gasteiger charge is -2.31. The lowest BCUT2D eigenvalue weighted by molar-refractivity contribution is -0.120. The number of carbonyl (C=O) groups excluding carboxylic acids is 1. The smallest absolute Gasteiger partial charge is 0.243 e. The van der Waals surface area contributed by atoms with Gasteiger partial charge < -0.3 is 5.32 Å². The van der Waals surface area contributed by atoms with Crippen molar-refractivity contribution in [1.82, 2.24) is 4.31 Å². The molecule has 0 bridgehead atoms. The predicted octanol–water partition coefficient (Wildman–Crippen LogP) is 4.60. The fraction of sp³-hybridized carbons (Fsp3) is 0.261. The van der Waals surface area contributed by atoms with Crippen LogP contribution < -0.4 is 5.32 Å². The Morgan fingerprint density at radius 2 is 1.77 bits per heavy atom. The van der Waals surface area contributed by atoms with Gasteiger partial charge in [0.15, 0.2) is 0 Å². The summed E-state index contributed by atoms with van der Waals surface area (Å²) < 4.78 is 27.9. The number of thioether (sulfide) groups is 1. The molecule has 0 spiro atoms. The molecule has 1 fully saturated rings. The molecule has 0 radical (unpaired) electrons. The van der Waals surface area contributed by atoms with Crippen LogP contribution in [0.25, 0.3) is 10.8 Å². The highest BCUT2D eigenvalue weighted by molar-refractivity contribution is 7.98. The molecule has 30 heavy (non-hydrogen) atoms. The predicted molar refractivity (Wildman–Crippen MR) is 122 cm³/mol. The summed E-state index contributed by atoms with van der Waals surface area (Å²) in [5.74, 6) is -0.501. The summed E-state index contributed by atoms with van der Waals surface area (Å²) in [5.41, 5.74) is 0.768. The van der Waals surface area contributed by atoms with E-state index in [1.807, 2.05) is 60.9 Å². The number of para-hydroxylation sites is 1.